The lowest BCUT2D eigenvalue weighted by Crippen LogP contribution is -2.32. The lowest BCUT2D eigenvalue weighted by Gasteiger charge is -2.30. The number of hydrogen-bond acceptors (Lipinski definition) is 8. The SMILES string of the molecule is COc1ccc(/C=C2\CCC[C@@H]3C2=NN(C(=O)c2ccc([N+](=O)[O-])cc2)[C@@H]3c2ccc(OC)c(OC)c2)cc1OC. The molecule has 0 radical (unpaired) electrons. The number of ether oxygens (including phenoxy) is 4. The number of hydrazone groups is 1. The van der Waals surface area contributed by atoms with E-state index in [-0.39, 0.29) is 17.5 Å². The summed E-state index contributed by atoms with van der Waals surface area (Å²) in [6.45, 7) is 0. The Morgan fingerprint density at radius 1 is 0.902 bits per heavy atom. The van der Waals surface area contributed by atoms with E-state index in [1.54, 1.807) is 28.4 Å². The summed E-state index contributed by atoms with van der Waals surface area (Å²) < 4.78 is 21.9. The van der Waals surface area contributed by atoms with E-state index in [0.717, 1.165) is 41.7 Å². The van der Waals surface area contributed by atoms with E-state index >= 15 is 0 Å². The van der Waals surface area contributed by atoms with Crippen LogP contribution in [0.5, 0.6) is 23.0 Å². The highest BCUT2D eigenvalue weighted by Crippen LogP contribution is 2.46. The van der Waals surface area contributed by atoms with Crippen molar-refractivity contribution in [2.45, 2.75) is 25.3 Å². The molecule has 1 fully saturated rings. The number of rotatable bonds is 8. The third kappa shape index (κ3) is 5.32. The molecule has 10 heteroatoms. The van der Waals surface area contributed by atoms with Gasteiger partial charge in [0.1, 0.15) is 0 Å². The molecule has 0 aromatic heterocycles. The fraction of sp³-hybridized carbons (Fsp3) is 0.290. The van der Waals surface area contributed by atoms with Gasteiger partial charge in [0, 0.05) is 23.6 Å². The zero-order valence-electron chi connectivity index (χ0n) is 23.3. The van der Waals surface area contributed by atoms with Gasteiger partial charge in [-0.25, -0.2) is 5.01 Å². The van der Waals surface area contributed by atoms with Gasteiger partial charge in [0.2, 0.25) is 0 Å². The predicted octanol–water partition coefficient (Wildman–Crippen LogP) is 6.07. The molecule has 0 spiro atoms. The fourth-order valence-corrected chi connectivity index (χ4v) is 5.54. The number of nitrogens with zero attached hydrogens (tertiary/aromatic N) is 3. The standard InChI is InChI=1S/C31H31N3O7/c1-38-25-14-8-19(17-27(25)40-3)16-21-6-5-7-24-29(21)32-33(31(35)20-9-12-23(13-10-20)34(36)37)30(24)22-11-15-26(39-2)28(18-22)41-4/h8-18,24,30H,5-7H2,1-4H3/b21-16+/t24-,30-/m1/s1. The summed E-state index contributed by atoms with van der Waals surface area (Å²) in [5, 5.41) is 17.6. The summed E-state index contributed by atoms with van der Waals surface area (Å²) in [5.41, 5.74) is 3.91. The number of nitro benzene ring substituents is 1. The highest BCUT2D eigenvalue weighted by molar-refractivity contribution is 6.09. The third-order valence-corrected chi connectivity index (χ3v) is 7.53. The van der Waals surface area contributed by atoms with Crippen molar-refractivity contribution in [3.05, 3.63) is 93.0 Å². The van der Waals surface area contributed by atoms with Crippen molar-refractivity contribution < 1.29 is 28.7 Å². The molecular weight excluding hydrogens is 526 g/mol. The van der Waals surface area contributed by atoms with E-state index in [1.165, 1.54) is 29.3 Å². The van der Waals surface area contributed by atoms with E-state index in [9.17, 15) is 14.9 Å². The van der Waals surface area contributed by atoms with Gasteiger partial charge in [0.25, 0.3) is 11.6 Å². The number of amides is 1. The van der Waals surface area contributed by atoms with Gasteiger partial charge < -0.3 is 18.9 Å². The monoisotopic (exact) mass is 557 g/mol. The predicted molar refractivity (Wildman–Crippen MR) is 154 cm³/mol. The largest absolute Gasteiger partial charge is 0.493 e. The molecule has 1 aliphatic heterocycles. The molecule has 1 amide bonds. The lowest BCUT2D eigenvalue weighted by atomic mass is 9.77. The highest BCUT2D eigenvalue weighted by Gasteiger charge is 2.44. The van der Waals surface area contributed by atoms with Gasteiger partial charge in [-0.15, -0.1) is 0 Å². The van der Waals surface area contributed by atoms with Crippen molar-refractivity contribution in [3.63, 3.8) is 0 Å². The third-order valence-electron chi connectivity index (χ3n) is 7.53. The van der Waals surface area contributed by atoms with Crippen molar-refractivity contribution in [1.29, 1.82) is 0 Å². The van der Waals surface area contributed by atoms with E-state index < -0.39 is 11.0 Å². The Kier molecular flexibility index (Phi) is 7.91. The van der Waals surface area contributed by atoms with Crippen LogP contribution in [0.15, 0.2) is 71.3 Å². The Morgan fingerprint density at radius 3 is 2.17 bits per heavy atom. The van der Waals surface area contributed by atoms with Crippen LogP contribution in [-0.2, 0) is 0 Å². The Hall–Kier alpha value is -4.86. The van der Waals surface area contributed by atoms with E-state index in [1.807, 2.05) is 36.4 Å². The van der Waals surface area contributed by atoms with Gasteiger partial charge >= 0.3 is 0 Å². The van der Waals surface area contributed by atoms with Gasteiger partial charge in [0.05, 0.1) is 45.1 Å². The minimum absolute atomic E-state index is 0.0600. The van der Waals surface area contributed by atoms with Crippen molar-refractivity contribution in [2.75, 3.05) is 28.4 Å². The Labute approximate surface area is 237 Å². The van der Waals surface area contributed by atoms with Crippen LogP contribution < -0.4 is 18.9 Å². The molecule has 212 valence electrons. The van der Waals surface area contributed by atoms with Crippen molar-refractivity contribution in [1.82, 2.24) is 5.01 Å². The minimum Gasteiger partial charge on any atom is -0.493 e. The molecule has 1 saturated carbocycles. The van der Waals surface area contributed by atoms with Gasteiger partial charge in [0.15, 0.2) is 23.0 Å². The molecule has 0 bridgehead atoms. The number of methoxy groups -OCH3 is 4. The summed E-state index contributed by atoms with van der Waals surface area (Å²) in [6.07, 6.45) is 4.65. The zero-order chi connectivity index (χ0) is 29.1. The first-order valence-corrected chi connectivity index (χ1v) is 13.2. The summed E-state index contributed by atoms with van der Waals surface area (Å²) in [7, 11) is 6.34. The first kappa shape index (κ1) is 27.7. The molecule has 2 atom stereocenters. The van der Waals surface area contributed by atoms with Gasteiger partial charge in [-0.3, -0.25) is 14.9 Å². The maximum Gasteiger partial charge on any atom is 0.274 e. The van der Waals surface area contributed by atoms with Gasteiger partial charge in [-0.2, -0.15) is 5.10 Å². The first-order valence-electron chi connectivity index (χ1n) is 13.2. The molecule has 0 saturated heterocycles. The van der Waals surface area contributed by atoms with Crippen LogP contribution in [0.3, 0.4) is 0 Å². The average molecular weight is 558 g/mol. The van der Waals surface area contributed by atoms with E-state index in [0.29, 0.717) is 28.6 Å². The minimum atomic E-state index is -0.490. The maximum atomic E-state index is 13.9. The summed E-state index contributed by atoms with van der Waals surface area (Å²) >= 11 is 0. The van der Waals surface area contributed by atoms with E-state index in [2.05, 4.69) is 6.08 Å². The zero-order valence-corrected chi connectivity index (χ0v) is 23.3. The highest BCUT2D eigenvalue weighted by atomic mass is 16.6. The molecule has 2 aliphatic rings. The topological polar surface area (TPSA) is 113 Å². The van der Waals surface area contributed by atoms with Crippen LogP contribution in [-0.4, -0.2) is 50.0 Å². The van der Waals surface area contributed by atoms with Gasteiger partial charge in [-0.05, 0) is 78.4 Å². The smallest absolute Gasteiger partial charge is 0.274 e. The molecule has 3 aromatic carbocycles. The van der Waals surface area contributed by atoms with Crippen molar-refractivity contribution in [2.24, 2.45) is 11.0 Å². The summed E-state index contributed by atoms with van der Waals surface area (Å²) in [6, 6.07) is 16.6. The molecule has 10 nitrogen and oxygen atoms in total. The summed E-state index contributed by atoms with van der Waals surface area (Å²) in [5.74, 6) is 2.00. The number of carbonyl (C=O) groups excluding carboxylic acids is 1. The molecule has 5 rings (SSSR count). The molecule has 0 unspecified atom stereocenters. The lowest BCUT2D eigenvalue weighted by molar-refractivity contribution is -0.384. The average Bonchev–Trinajstić information content (AvgIpc) is 3.40. The van der Waals surface area contributed by atoms with Crippen molar-refractivity contribution in [3.8, 4) is 23.0 Å². The van der Waals surface area contributed by atoms with Crippen LogP contribution in [0.2, 0.25) is 0 Å². The second-order valence-electron chi connectivity index (χ2n) is 9.78. The van der Waals surface area contributed by atoms with Crippen LogP contribution in [0.4, 0.5) is 5.69 Å². The molecule has 1 heterocycles. The second-order valence-corrected chi connectivity index (χ2v) is 9.78. The molecule has 0 N–H and O–H groups in total. The van der Waals surface area contributed by atoms with Crippen LogP contribution >= 0.6 is 0 Å². The molecule has 41 heavy (non-hydrogen) atoms. The number of nitro groups is 1. The summed E-state index contributed by atoms with van der Waals surface area (Å²) in [4.78, 5) is 24.6. The molecular formula is C31H31N3O7. The number of carbonyl (C=O) groups is 1. The Balaban J connectivity index is 1.58. The van der Waals surface area contributed by atoms with Crippen LogP contribution in [0, 0.1) is 16.0 Å². The Morgan fingerprint density at radius 2 is 1.54 bits per heavy atom. The fourth-order valence-electron chi connectivity index (χ4n) is 5.54. The quantitative estimate of drug-likeness (QED) is 0.244. The van der Waals surface area contributed by atoms with Crippen LogP contribution in [0.1, 0.15) is 46.8 Å². The van der Waals surface area contributed by atoms with E-state index in [4.69, 9.17) is 24.0 Å². The second kappa shape index (κ2) is 11.7. The Bertz CT molecular complexity index is 1530. The number of non-ortho nitro benzene ring substituents is 1. The normalized spacial score (nSPS) is 18.9. The van der Waals surface area contributed by atoms with Crippen molar-refractivity contribution >= 4 is 23.4 Å². The van der Waals surface area contributed by atoms with Gasteiger partial charge in [-0.1, -0.05) is 12.1 Å². The number of hydrogen-bond donors (Lipinski definition) is 0. The number of benzene rings is 3. The number of fused-ring (bicyclic) bond motifs is 1. The first-order chi connectivity index (χ1) is 19.9. The molecule has 1 aliphatic carbocycles. The maximum absolute atomic E-state index is 13.9. The molecule has 3 aromatic rings. The number of allylic oxidation sites excluding steroid dienone is 1. The van der Waals surface area contributed by atoms with Crippen LogP contribution in [0.25, 0.3) is 6.08 Å².